The van der Waals surface area contributed by atoms with Gasteiger partial charge in [0.1, 0.15) is 48.0 Å². The molecule has 0 unspecified atom stereocenters. The van der Waals surface area contributed by atoms with Crippen LogP contribution in [0, 0.1) is 29.0 Å². The van der Waals surface area contributed by atoms with Gasteiger partial charge in [-0.3, -0.25) is 9.80 Å². The van der Waals surface area contributed by atoms with E-state index in [0.29, 0.717) is 70.5 Å². The molecule has 3 saturated heterocycles. The number of morpholine rings is 1. The number of benzene rings is 2. The number of nitrogens with zero attached hydrogens (tertiary/aromatic N) is 6. The number of amides is 1. The molecule has 0 aliphatic carbocycles. The summed E-state index contributed by atoms with van der Waals surface area (Å²) in [6.07, 6.45) is 0.619. The number of rotatable bonds is 9. The van der Waals surface area contributed by atoms with Crippen LogP contribution in [0.15, 0.2) is 30.3 Å². The Bertz CT molecular complexity index is 2460. The summed E-state index contributed by atoms with van der Waals surface area (Å²) in [5.41, 5.74) is 4.58. The fourth-order valence-corrected chi connectivity index (χ4v) is 16.4. The maximum Gasteiger partial charge on any atom is 0.410 e. The third kappa shape index (κ3) is 8.30. The number of pyridine rings is 1. The topological polar surface area (TPSA) is 102 Å². The minimum absolute atomic E-state index is 0.00360. The standard InChI is InChI=1S/C50H66F2N6O5Si/c1-28(2)64(29(3)4,30(5)6)23-20-36-38(51)18-16-34-14-13-15-37(40(34)36)43-42(52)44-41-46(55-48(54-44)61-26-31(7)24-56-21-22-60-27-32(56)8)57-25-35-17-19-39(45(57)33(9)62-47(41)53-43)58(35)49(59)63-50(10,11)12/h13-16,18,28-33,35,39,45H,17,19,21-22,24-27H2,1-12H3/t31-,32-,33+,35-,39+,45-/m1/s1. The summed E-state index contributed by atoms with van der Waals surface area (Å²) in [5.74, 6) is 2.91. The van der Waals surface area contributed by atoms with Crippen LogP contribution in [0.25, 0.3) is 32.9 Å². The molecule has 8 rings (SSSR count). The zero-order valence-corrected chi connectivity index (χ0v) is 40.7. The van der Waals surface area contributed by atoms with Gasteiger partial charge in [-0.05, 0) is 75.5 Å². The number of hydrogen-bond acceptors (Lipinski definition) is 10. The number of anilines is 1. The minimum atomic E-state index is -2.29. The number of aromatic nitrogens is 3. The summed E-state index contributed by atoms with van der Waals surface area (Å²) in [7, 11) is -2.29. The molecule has 2 aromatic heterocycles. The normalized spacial score (nSPS) is 23.0. The lowest BCUT2D eigenvalue weighted by Gasteiger charge is -2.48. The Labute approximate surface area is 378 Å². The fraction of sp³-hybridized carbons (Fsp3) is 0.600. The van der Waals surface area contributed by atoms with Gasteiger partial charge in [-0.15, -0.1) is 5.54 Å². The first kappa shape index (κ1) is 46.0. The third-order valence-electron chi connectivity index (χ3n) is 14.1. The van der Waals surface area contributed by atoms with Gasteiger partial charge in [0.25, 0.3) is 0 Å². The summed E-state index contributed by atoms with van der Waals surface area (Å²) in [4.78, 5) is 35.1. The Morgan fingerprint density at radius 1 is 0.969 bits per heavy atom. The lowest BCUT2D eigenvalue weighted by molar-refractivity contribution is -0.00910. The molecule has 1 amide bonds. The second-order valence-electron chi connectivity index (χ2n) is 20.6. The van der Waals surface area contributed by atoms with Crippen molar-refractivity contribution < 1.29 is 32.5 Å². The summed E-state index contributed by atoms with van der Waals surface area (Å²) in [5, 5.41) is 1.52. The first-order chi connectivity index (χ1) is 30.3. The Balaban J connectivity index is 1.29. The predicted molar refractivity (Wildman–Crippen MR) is 251 cm³/mol. The lowest BCUT2D eigenvalue weighted by Crippen LogP contribution is -2.65. The van der Waals surface area contributed by atoms with Gasteiger partial charge in [0.05, 0.1) is 43.5 Å². The van der Waals surface area contributed by atoms with Gasteiger partial charge in [-0.1, -0.05) is 78.7 Å². The fourth-order valence-electron chi connectivity index (χ4n) is 11.2. The van der Waals surface area contributed by atoms with E-state index in [-0.39, 0.29) is 64.8 Å². The largest absolute Gasteiger partial charge is 0.472 e. The Morgan fingerprint density at radius 3 is 2.39 bits per heavy atom. The van der Waals surface area contributed by atoms with Crippen molar-refractivity contribution in [1.82, 2.24) is 24.8 Å². The monoisotopic (exact) mass is 896 g/mol. The van der Waals surface area contributed by atoms with E-state index in [1.165, 1.54) is 6.07 Å². The van der Waals surface area contributed by atoms with E-state index < -0.39 is 31.4 Å². The molecule has 4 aliphatic rings. The molecular formula is C50H66F2N6O5Si. The van der Waals surface area contributed by atoms with E-state index in [1.54, 1.807) is 12.1 Å². The number of halogens is 2. The molecule has 6 atom stereocenters. The van der Waals surface area contributed by atoms with Crippen molar-refractivity contribution in [3.63, 3.8) is 0 Å². The first-order valence-corrected chi connectivity index (χ1v) is 25.6. The van der Waals surface area contributed by atoms with Crippen molar-refractivity contribution in [1.29, 1.82) is 0 Å². The van der Waals surface area contributed by atoms with Crippen LogP contribution in [-0.4, -0.2) is 114 Å². The van der Waals surface area contributed by atoms with E-state index in [2.05, 4.69) is 76.7 Å². The second-order valence-corrected chi connectivity index (χ2v) is 26.2. The van der Waals surface area contributed by atoms with Crippen LogP contribution in [0.5, 0.6) is 11.9 Å². The number of carbonyl (C=O) groups excluding carboxylic acids is 1. The van der Waals surface area contributed by atoms with Gasteiger partial charge >= 0.3 is 12.1 Å². The summed E-state index contributed by atoms with van der Waals surface area (Å²) < 4.78 is 59.1. The molecule has 0 N–H and O–H groups in total. The van der Waals surface area contributed by atoms with E-state index >= 15 is 8.78 Å². The van der Waals surface area contributed by atoms with Crippen LogP contribution in [0.4, 0.5) is 19.4 Å². The van der Waals surface area contributed by atoms with Gasteiger partial charge < -0.3 is 23.8 Å². The van der Waals surface area contributed by atoms with Crippen LogP contribution >= 0.6 is 0 Å². The molecule has 64 heavy (non-hydrogen) atoms. The van der Waals surface area contributed by atoms with Crippen molar-refractivity contribution in [2.45, 2.75) is 148 Å². The summed E-state index contributed by atoms with van der Waals surface area (Å²) >= 11 is 0. The highest BCUT2D eigenvalue weighted by molar-refractivity contribution is 6.90. The van der Waals surface area contributed by atoms with Crippen LogP contribution < -0.4 is 14.4 Å². The van der Waals surface area contributed by atoms with E-state index in [1.807, 2.05) is 44.7 Å². The number of hydrogen-bond donors (Lipinski definition) is 0. The van der Waals surface area contributed by atoms with Gasteiger partial charge in [-0.25, -0.2) is 18.6 Å². The van der Waals surface area contributed by atoms with E-state index in [9.17, 15) is 4.79 Å². The van der Waals surface area contributed by atoms with Crippen molar-refractivity contribution in [3.8, 4) is 34.6 Å². The van der Waals surface area contributed by atoms with Crippen molar-refractivity contribution in [3.05, 3.63) is 47.5 Å². The Hall–Kier alpha value is -4.58. The molecule has 0 radical (unpaired) electrons. The van der Waals surface area contributed by atoms with E-state index in [4.69, 9.17) is 33.9 Å². The quantitative estimate of drug-likeness (QED) is 0.119. The first-order valence-electron chi connectivity index (χ1n) is 23.4. The molecular weight excluding hydrogens is 831 g/mol. The predicted octanol–water partition coefficient (Wildman–Crippen LogP) is 10.2. The molecule has 2 aromatic carbocycles. The van der Waals surface area contributed by atoms with Crippen molar-refractivity contribution >= 4 is 41.7 Å². The molecule has 11 nitrogen and oxygen atoms in total. The molecule has 344 valence electrons. The molecule has 6 heterocycles. The Kier molecular flexibility index (Phi) is 12.7. The average molecular weight is 897 g/mol. The molecule has 0 saturated carbocycles. The average Bonchev–Trinajstić information content (AvgIpc) is 3.47. The lowest BCUT2D eigenvalue weighted by atomic mass is 9.96. The SMILES string of the molecule is CC(C)[Si](C#Cc1c(F)ccc2cccc(-c3nc4c5c(nc(OC[C@H](C)CN6CCOC[C@H]6C)nc5c3F)N3C[C@H]5CC[C@@H]([C@H]3[C@H](C)O4)N5C(=O)OC(C)(C)C)c12)(C(C)C)C(C)C. The van der Waals surface area contributed by atoms with Gasteiger partial charge in [-0.2, -0.15) is 9.97 Å². The maximum absolute atomic E-state index is 17.9. The zero-order valence-electron chi connectivity index (χ0n) is 39.7. The van der Waals surface area contributed by atoms with Crippen LogP contribution in [-0.2, 0) is 9.47 Å². The molecule has 0 spiro atoms. The highest BCUT2D eigenvalue weighted by atomic mass is 28.3. The Morgan fingerprint density at radius 2 is 1.70 bits per heavy atom. The minimum Gasteiger partial charge on any atom is -0.472 e. The highest BCUT2D eigenvalue weighted by Crippen LogP contribution is 2.48. The highest BCUT2D eigenvalue weighted by Gasteiger charge is 2.54. The van der Waals surface area contributed by atoms with Crippen LogP contribution in [0.3, 0.4) is 0 Å². The van der Waals surface area contributed by atoms with Crippen molar-refractivity contribution in [2.75, 3.05) is 44.4 Å². The van der Waals surface area contributed by atoms with Crippen LogP contribution in [0.2, 0.25) is 16.6 Å². The zero-order chi connectivity index (χ0) is 46.0. The van der Waals surface area contributed by atoms with Gasteiger partial charge in [0.2, 0.25) is 5.88 Å². The molecule has 3 fully saturated rings. The third-order valence-corrected chi connectivity index (χ3v) is 20.4. The van der Waals surface area contributed by atoms with Gasteiger partial charge in [0.15, 0.2) is 5.82 Å². The maximum atomic E-state index is 17.9. The molecule has 4 aliphatic heterocycles. The van der Waals surface area contributed by atoms with Crippen molar-refractivity contribution in [2.24, 2.45) is 5.92 Å². The second kappa shape index (κ2) is 17.7. The number of piperazine rings is 1. The summed E-state index contributed by atoms with van der Waals surface area (Å²) in [6, 6.07) is 8.14. The van der Waals surface area contributed by atoms with Gasteiger partial charge in [0, 0.05) is 42.5 Å². The van der Waals surface area contributed by atoms with E-state index in [0.717, 1.165) is 25.9 Å². The molecule has 2 bridgehead atoms. The van der Waals surface area contributed by atoms with Crippen LogP contribution in [0.1, 0.15) is 101 Å². The number of fused-ring (bicyclic) bond motifs is 6. The number of ether oxygens (including phenoxy) is 4. The summed E-state index contributed by atoms with van der Waals surface area (Å²) in [6.45, 7) is 28.9. The smallest absolute Gasteiger partial charge is 0.410 e. The molecule has 14 heteroatoms. The number of carbonyl (C=O) groups is 1. The molecule has 4 aromatic rings.